The van der Waals surface area contributed by atoms with Gasteiger partial charge in [-0.1, -0.05) is 30.3 Å². The van der Waals surface area contributed by atoms with Crippen molar-refractivity contribution in [2.24, 2.45) is 0 Å². The van der Waals surface area contributed by atoms with Gasteiger partial charge in [-0.15, -0.1) is 11.3 Å². The maximum absolute atomic E-state index is 13.4. The minimum absolute atomic E-state index is 0.0542. The minimum Gasteiger partial charge on any atom is -0.477 e. The second-order valence-electron chi connectivity index (χ2n) is 5.81. The molecule has 2 aromatic carbocycles. The first-order valence-electron chi connectivity index (χ1n) is 7.68. The molecule has 0 aliphatic rings. The minimum atomic E-state index is -3.71. The van der Waals surface area contributed by atoms with Crippen LogP contribution >= 0.6 is 11.3 Å². The second-order valence-corrected chi connectivity index (χ2v) is 8.82. The molecule has 0 unspecified atom stereocenters. The van der Waals surface area contributed by atoms with Gasteiger partial charge in [0.15, 0.2) is 9.84 Å². The second kappa shape index (κ2) is 7.01. The normalized spacial score (nSPS) is 11.5. The molecule has 3 rings (SSSR count). The van der Waals surface area contributed by atoms with E-state index in [1.54, 1.807) is 31.2 Å². The Balaban J connectivity index is 2.05. The number of aryl methyl sites for hydroxylation is 1. The lowest BCUT2D eigenvalue weighted by Crippen LogP contribution is -2.08. The molecule has 1 N–H and O–H groups in total. The van der Waals surface area contributed by atoms with Crippen molar-refractivity contribution < 1.29 is 22.7 Å². The van der Waals surface area contributed by atoms with Gasteiger partial charge in [0.1, 0.15) is 10.7 Å². The number of benzene rings is 2. The highest BCUT2D eigenvalue weighted by Gasteiger charge is 2.24. The summed E-state index contributed by atoms with van der Waals surface area (Å²) >= 11 is 0.939. The van der Waals surface area contributed by atoms with E-state index in [4.69, 9.17) is 0 Å². The van der Waals surface area contributed by atoms with Crippen molar-refractivity contribution in [3.63, 3.8) is 0 Å². The Morgan fingerprint density at radius 3 is 2.50 bits per heavy atom. The molecule has 0 aliphatic heterocycles. The quantitative estimate of drug-likeness (QED) is 0.695. The third-order valence-corrected chi connectivity index (χ3v) is 6.92. The van der Waals surface area contributed by atoms with Gasteiger partial charge in [0.2, 0.25) is 0 Å². The fourth-order valence-corrected chi connectivity index (χ4v) is 5.43. The first kappa shape index (κ1) is 18.3. The van der Waals surface area contributed by atoms with E-state index >= 15 is 0 Å². The molecule has 4 nitrogen and oxygen atoms in total. The molecule has 0 spiro atoms. The standard InChI is InChI=1S/C19H15FO4S2/c1-12-5-2-3-8-17(12)26(23,24)11-14-10-16(25-18(14)19(21)22)13-6-4-7-15(20)9-13/h2-10H,11H2,1H3,(H,21,22). The summed E-state index contributed by atoms with van der Waals surface area (Å²) in [6.45, 7) is 1.69. The average Bonchev–Trinajstić information content (AvgIpc) is 2.98. The van der Waals surface area contributed by atoms with Gasteiger partial charge in [0.05, 0.1) is 10.6 Å². The lowest BCUT2D eigenvalue weighted by molar-refractivity contribution is 0.0701. The summed E-state index contributed by atoms with van der Waals surface area (Å²) < 4.78 is 38.9. The van der Waals surface area contributed by atoms with Gasteiger partial charge in [-0.25, -0.2) is 17.6 Å². The van der Waals surface area contributed by atoms with E-state index in [0.29, 0.717) is 16.0 Å². The van der Waals surface area contributed by atoms with Crippen molar-refractivity contribution >= 4 is 27.1 Å². The summed E-state index contributed by atoms with van der Waals surface area (Å²) in [7, 11) is -3.71. The predicted molar refractivity (Wildman–Crippen MR) is 98.7 cm³/mol. The van der Waals surface area contributed by atoms with Crippen molar-refractivity contribution in [3.8, 4) is 10.4 Å². The molecule has 0 saturated heterocycles. The zero-order valence-electron chi connectivity index (χ0n) is 13.8. The number of carboxylic acids is 1. The molecular formula is C19H15FO4S2. The Labute approximate surface area is 154 Å². The molecule has 0 bridgehead atoms. The van der Waals surface area contributed by atoms with E-state index in [2.05, 4.69) is 0 Å². The molecule has 134 valence electrons. The molecule has 0 radical (unpaired) electrons. The van der Waals surface area contributed by atoms with Gasteiger partial charge in [0.25, 0.3) is 0 Å². The molecule has 0 aliphatic carbocycles. The van der Waals surface area contributed by atoms with Crippen LogP contribution in [-0.2, 0) is 15.6 Å². The van der Waals surface area contributed by atoms with Crippen molar-refractivity contribution in [3.05, 3.63) is 76.4 Å². The number of hydrogen-bond donors (Lipinski definition) is 1. The van der Waals surface area contributed by atoms with Gasteiger partial charge >= 0.3 is 5.97 Å². The zero-order valence-corrected chi connectivity index (χ0v) is 15.4. The Hall–Kier alpha value is -2.51. The highest BCUT2D eigenvalue weighted by Crippen LogP contribution is 2.34. The van der Waals surface area contributed by atoms with Crippen molar-refractivity contribution in [2.45, 2.75) is 17.6 Å². The number of aromatic carboxylic acids is 1. The molecule has 1 aromatic heterocycles. The number of carboxylic acid groups (broad SMARTS) is 1. The summed E-state index contributed by atoms with van der Waals surface area (Å²) in [5.41, 5.74) is 1.31. The van der Waals surface area contributed by atoms with E-state index < -0.39 is 27.4 Å². The maximum atomic E-state index is 13.4. The van der Waals surface area contributed by atoms with Crippen LogP contribution in [0.15, 0.2) is 59.5 Å². The van der Waals surface area contributed by atoms with E-state index in [1.807, 2.05) is 0 Å². The zero-order chi connectivity index (χ0) is 18.9. The first-order valence-corrected chi connectivity index (χ1v) is 10.1. The van der Waals surface area contributed by atoms with E-state index in [0.717, 1.165) is 11.3 Å². The molecular weight excluding hydrogens is 375 g/mol. The first-order chi connectivity index (χ1) is 12.3. The summed E-state index contributed by atoms with van der Waals surface area (Å²) in [6, 6.07) is 13.8. The molecule has 0 fully saturated rings. The Morgan fingerprint density at radius 1 is 1.12 bits per heavy atom. The van der Waals surface area contributed by atoms with Crippen molar-refractivity contribution in [1.82, 2.24) is 0 Å². The molecule has 0 saturated carbocycles. The number of carbonyl (C=O) groups is 1. The lowest BCUT2D eigenvalue weighted by Gasteiger charge is -2.07. The highest BCUT2D eigenvalue weighted by atomic mass is 32.2. The van der Waals surface area contributed by atoms with E-state index in [1.165, 1.54) is 30.3 Å². The largest absolute Gasteiger partial charge is 0.477 e. The van der Waals surface area contributed by atoms with Gasteiger partial charge < -0.3 is 5.11 Å². The fraction of sp³-hybridized carbons (Fsp3) is 0.105. The van der Waals surface area contributed by atoms with Gasteiger partial charge in [-0.2, -0.15) is 0 Å². The summed E-state index contributed by atoms with van der Waals surface area (Å²) in [4.78, 5) is 12.2. The number of sulfone groups is 1. The molecule has 0 atom stereocenters. The Morgan fingerprint density at radius 2 is 1.85 bits per heavy atom. The van der Waals surface area contributed by atoms with Crippen LogP contribution in [0.3, 0.4) is 0 Å². The van der Waals surface area contributed by atoms with E-state index in [9.17, 15) is 22.7 Å². The van der Waals surface area contributed by atoms with Crippen molar-refractivity contribution in [1.29, 1.82) is 0 Å². The number of thiophene rings is 1. The fourth-order valence-electron chi connectivity index (χ4n) is 2.69. The smallest absolute Gasteiger partial charge is 0.346 e. The summed E-state index contributed by atoms with van der Waals surface area (Å²) in [5.74, 6) is -2.07. The third kappa shape index (κ3) is 3.68. The molecule has 1 heterocycles. The van der Waals surface area contributed by atoms with Crippen molar-refractivity contribution in [2.75, 3.05) is 0 Å². The molecule has 7 heteroatoms. The molecule has 26 heavy (non-hydrogen) atoms. The van der Waals surface area contributed by atoms with Gasteiger partial charge in [-0.3, -0.25) is 0 Å². The SMILES string of the molecule is Cc1ccccc1S(=O)(=O)Cc1cc(-c2cccc(F)c2)sc1C(=O)O. The number of rotatable bonds is 5. The lowest BCUT2D eigenvalue weighted by atomic mass is 10.1. The van der Waals surface area contributed by atoms with E-state index in [-0.39, 0.29) is 15.3 Å². The van der Waals surface area contributed by atoms with Crippen LogP contribution in [0.5, 0.6) is 0 Å². The van der Waals surface area contributed by atoms with Gasteiger partial charge in [-0.05, 0) is 47.9 Å². The Kier molecular flexibility index (Phi) is 4.93. The molecule has 0 amide bonds. The van der Waals surface area contributed by atoms with Crippen LogP contribution < -0.4 is 0 Å². The van der Waals surface area contributed by atoms with Crippen LogP contribution in [0.25, 0.3) is 10.4 Å². The monoisotopic (exact) mass is 390 g/mol. The Bertz CT molecular complexity index is 1080. The third-order valence-electron chi connectivity index (χ3n) is 3.89. The maximum Gasteiger partial charge on any atom is 0.346 e. The summed E-state index contributed by atoms with van der Waals surface area (Å²) in [5, 5.41) is 9.44. The number of halogens is 1. The topological polar surface area (TPSA) is 71.4 Å². The van der Waals surface area contributed by atoms with Crippen LogP contribution in [0.1, 0.15) is 20.8 Å². The van der Waals surface area contributed by atoms with Crippen LogP contribution in [-0.4, -0.2) is 19.5 Å². The highest BCUT2D eigenvalue weighted by molar-refractivity contribution is 7.90. The number of hydrogen-bond acceptors (Lipinski definition) is 4. The van der Waals surface area contributed by atoms with Crippen LogP contribution in [0.4, 0.5) is 4.39 Å². The van der Waals surface area contributed by atoms with Crippen LogP contribution in [0.2, 0.25) is 0 Å². The predicted octanol–water partition coefficient (Wildman–Crippen LogP) is 4.53. The van der Waals surface area contributed by atoms with Gasteiger partial charge in [0, 0.05) is 4.88 Å². The average molecular weight is 390 g/mol. The summed E-state index contributed by atoms with van der Waals surface area (Å²) in [6.07, 6.45) is 0. The van der Waals surface area contributed by atoms with Crippen LogP contribution in [0, 0.1) is 12.7 Å². The molecule has 3 aromatic rings.